The van der Waals surface area contributed by atoms with Crippen LogP contribution < -0.4 is 11.1 Å². The Morgan fingerprint density at radius 2 is 2.33 bits per heavy atom. The summed E-state index contributed by atoms with van der Waals surface area (Å²) in [5, 5.41) is 7.41. The zero-order valence-electron chi connectivity index (χ0n) is 9.80. The van der Waals surface area contributed by atoms with Gasteiger partial charge in [0.2, 0.25) is 0 Å². The minimum absolute atomic E-state index is 0.222. The number of nitrogens with zero attached hydrogens (tertiary/aromatic N) is 4. The predicted octanol–water partition coefficient (Wildman–Crippen LogP) is 1.30. The number of nitrogen functional groups attached to an aromatic ring is 1. The molecule has 7 nitrogen and oxygen atoms in total. The van der Waals surface area contributed by atoms with Crippen LogP contribution in [-0.4, -0.2) is 33.5 Å². The monoisotopic (exact) mass is 268 g/mol. The van der Waals surface area contributed by atoms with E-state index in [9.17, 15) is 0 Å². The van der Waals surface area contributed by atoms with Crippen LogP contribution in [-0.2, 0) is 11.3 Å². The normalized spacial score (nSPS) is 10.6. The molecule has 0 aliphatic carbocycles. The summed E-state index contributed by atoms with van der Waals surface area (Å²) in [4.78, 5) is 7.79. The fourth-order valence-corrected chi connectivity index (χ4v) is 1.48. The van der Waals surface area contributed by atoms with Crippen LogP contribution in [0.15, 0.2) is 18.7 Å². The Morgan fingerprint density at radius 3 is 3.11 bits per heavy atom. The molecule has 0 spiro atoms. The van der Waals surface area contributed by atoms with Crippen molar-refractivity contribution in [2.45, 2.75) is 6.54 Å². The number of aromatic nitrogens is 4. The second-order valence-electron chi connectivity index (χ2n) is 3.54. The molecule has 3 N–H and O–H groups in total. The van der Waals surface area contributed by atoms with Gasteiger partial charge in [-0.15, -0.1) is 0 Å². The lowest BCUT2D eigenvalue weighted by Crippen LogP contribution is -2.04. The third-order valence-electron chi connectivity index (χ3n) is 2.26. The molecule has 96 valence electrons. The minimum atomic E-state index is 0.222. The van der Waals surface area contributed by atoms with Crippen LogP contribution >= 0.6 is 11.6 Å². The Bertz CT molecular complexity index is 529. The first-order valence-corrected chi connectivity index (χ1v) is 5.63. The van der Waals surface area contributed by atoms with Gasteiger partial charge in [0.05, 0.1) is 25.0 Å². The van der Waals surface area contributed by atoms with Crippen LogP contribution in [0.3, 0.4) is 0 Å². The summed E-state index contributed by atoms with van der Waals surface area (Å²) in [5.74, 6) is 0.460. The maximum Gasteiger partial charge on any atom is 0.158 e. The van der Waals surface area contributed by atoms with Crippen molar-refractivity contribution in [1.29, 1.82) is 0 Å². The number of methoxy groups -OCH3 is 1. The molecule has 0 unspecified atom stereocenters. The molecular weight excluding hydrogens is 256 g/mol. The highest BCUT2D eigenvalue weighted by Crippen LogP contribution is 2.24. The number of nitrogens with one attached hydrogen (secondary N) is 1. The molecule has 2 rings (SSSR count). The van der Waals surface area contributed by atoms with Crippen molar-refractivity contribution in [3.8, 4) is 0 Å². The second-order valence-corrected chi connectivity index (χ2v) is 3.89. The van der Waals surface area contributed by atoms with Gasteiger partial charge in [0.25, 0.3) is 0 Å². The number of rotatable bonds is 5. The van der Waals surface area contributed by atoms with Crippen LogP contribution in [0.5, 0.6) is 0 Å². The SMILES string of the molecule is COCCn1cc(Nc2ncnc(Cl)c2N)cn1. The Labute approximate surface area is 109 Å². The van der Waals surface area contributed by atoms with Crippen molar-refractivity contribution >= 4 is 28.8 Å². The summed E-state index contributed by atoms with van der Waals surface area (Å²) in [7, 11) is 1.65. The molecule has 0 amide bonds. The molecule has 0 aliphatic rings. The number of hydrogen-bond donors (Lipinski definition) is 2. The highest BCUT2D eigenvalue weighted by molar-refractivity contribution is 6.32. The van der Waals surface area contributed by atoms with E-state index in [0.717, 1.165) is 5.69 Å². The molecule has 18 heavy (non-hydrogen) atoms. The summed E-state index contributed by atoms with van der Waals surface area (Å²) in [6.45, 7) is 1.28. The summed E-state index contributed by atoms with van der Waals surface area (Å²) in [5.41, 5.74) is 6.83. The Hall–Kier alpha value is -1.86. The lowest BCUT2D eigenvalue weighted by atomic mass is 10.4. The van der Waals surface area contributed by atoms with Crippen LogP contribution in [0, 0.1) is 0 Å². The van der Waals surface area contributed by atoms with Crippen molar-refractivity contribution in [1.82, 2.24) is 19.7 Å². The van der Waals surface area contributed by atoms with Gasteiger partial charge in [0.15, 0.2) is 11.0 Å². The zero-order chi connectivity index (χ0) is 13.0. The number of ether oxygens (including phenoxy) is 1. The molecular formula is C10H13ClN6O. The number of nitrogens with two attached hydrogens (primary N) is 1. The fourth-order valence-electron chi connectivity index (χ4n) is 1.35. The van der Waals surface area contributed by atoms with E-state index in [1.54, 1.807) is 18.0 Å². The fraction of sp³-hybridized carbons (Fsp3) is 0.300. The highest BCUT2D eigenvalue weighted by Gasteiger charge is 2.07. The molecule has 0 bridgehead atoms. The lowest BCUT2D eigenvalue weighted by molar-refractivity contribution is 0.183. The average molecular weight is 269 g/mol. The lowest BCUT2D eigenvalue weighted by Gasteiger charge is -2.05. The molecule has 0 atom stereocenters. The van der Waals surface area contributed by atoms with E-state index in [4.69, 9.17) is 22.1 Å². The van der Waals surface area contributed by atoms with E-state index in [-0.39, 0.29) is 5.15 Å². The standard InChI is InChI=1S/C10H13ClN6O/c1-18-3-2-17-5-7(4-15-17)16-10-8(12)9(11)13-6-14-10/h4-6H,2-3,12H2,1H3,(H,13,14,16). The Morgan fingerprint density at radius 1 is 1.50 bits per heavy atom. The Kier molecular flexibility index (Phi) is 3.96. The molecule has 0 saturated heterocycles. The number of hydrogen-bond acceptors (Lipinski definition) is 6. The van der Waals surface area contributed by atoms with Crippen molar-refractivity contribution in [3.63, 3.8) is 0 Å². The molecule has 0 saturated carbocycles. The van der Waals surface area contributed by atoms with Gasteiger partial charge in [0.1, 0.15) is 12.0 Å². The zero-order valence-corrected chi connectivity index (χ0v) is 10.6. The van der Waals surface area contributed by atoms with Gasteiger partial charge in [0, 0.05) is 13.3 Å². The van der Waals surface area contributed by atoms with E-state index in [2.05, 4.69) is 20.4 Å². The molecule has 2 aromatic heterocycles. The second kappa shape index (κ2) is 5.65. The first-order valence-electron chi connectivity index (χ1n) is 5.25. The quantitative estimate of drug-likeness (QED) is 0.794. The van der Waals surface area contributed by atoms with Crippen molar-refractivity contribution < 1.29 is 4.74 Å². The average Bonchev–Trinajstić information content (AvgIpc) is 2.80. The van der Waals surface area contributed by atoms with E-state index in [0.29, 0.717) is 24.7 Å². The van der Waals surface area contributed by atoms with E-state index in [1.807, 2.05) is 6.20 Å². The number of halogens is 1. The molecule has 0 aliphatic heterocycles. The van der Waals surface area contributed by atoms with E-state index >= 15 is 0 Å². The first kappa shape index (κ1) is 12.6. The van der Waals surface area contributed by atoms with Gasteiger partial charge in [-0.3, -0.25) is 4.68 Å². The topological polar surface area (TPSA) is 90.9 Å². The molecule has 0 fully saturated rings. The summed E-state index contributed by atoms with van der Waals surface area (Å²) in [6.07, 6.45) is 4.84. The summed E-state index contributed by atoms with van der Waals surface area (Å²) >= 11 is 5.80. The number of anilines is 3. The van der Waals surface area contributed by atoms with Gasteiger partial charge in [-0.1, -0.05) is 11.6 Å². The van der Waals surface area contributed by atoms with Gasteiger partial charge >= 0.3 is 0 Å². The largest absolute Gasteiger partial charge is 0.393 e. The summed E-state index contributed by atoms with van der Waals surface area (Å²) < 4.78 is 6.72. The van der Waals surface area contributed by atoms with Crippen molar-refractivity contribution in [2.24, 2.45) is 0 Å². The van der Waals surface area contributed by atoms with Crippen LogP contribution in [0.4, 0.5) is 17.2 Å². The maximum atomic E-state index is 5.80. The molecule has 2 heterocycles. The van der Waals surface area contributed by atoms with Crippen LogP contribution in [0.2, 0.25) is 5.15 Å². The third-order valence-corrected chi connectivity index (χ3v) is 2.56. The van der Waals surface area contributed by atoms with Crippen LogP contribution in [0.25, 0.3) is 0 Å². The summed E-state index contributed by atoms with van der Waals surface area (Å²) in [6, 6.07) is 0. The molecule has 0 aromatic carbocycles. The Balaban J connectivity index is 2.09. The molecule has 2 aromatic rings. The predicted molar refractivity (Wildman–Crippen MR) is 68.8 cm³/mol. The first-order chi connectivity index (χ1) is 8.70. The highest BCUT2D eigenvalue weighted by atomic mass is 35.5. The van der Waals surface area contributed by atoms with Gasteiger partial charge in [-0.2, -0.15) is 5.10 Å². The minimum Gasteiger partial charge on any atom is -0.393 e. The maximum absolute atomic E-state index is 5.80. The smallest absolute Gasteiger partial charge is 0.158 e. The van der Waals surface area contributed by atoms with Crippen molar-refractivity contribution in [3.05, 3.63) is 23.9 Å². The van der Waals surface area contributed by atoms with Gasteiger partial charge in [-0.05, 0) is 0 Å². The van der Waals surface area contributed by atoms with Gasteiger partial charge < -0.3 is 15.8 Å². The third kappa shape index (κ3) is 2.88. The molecule has 0 radical (unpaired) electrons. The van der Waals surface area contributed by atoms with Crippen LogP contribution in [0.1, 0.15) is 0 Å². The van der Waals surface area contributed by atoms with Gasteiger partial charge in [-0.25, -0.2) is 9.97 Å². The van der Waals surface area contributed by atoms with Crippen molar-refractivity contribution in [2.75, 3.05) is 24.8 Å². The van der Waals surface area contributed by atoms with E-state index in [1.165, 1.54) is 6.33 Å². The van der Waals surface area contributed by atoms with E-state index < -0.39 is 0 Å². The molecule has 8 heteroatoms.